The molecule has 0 heterocycles. The Morgan fingerprint density at radius 3 is 2.67 bits per heavy atom. The average molecular weight is 289 g/mol. The molecule has 2 rings (SSSR count). The average Bonchev–Trinajstić information content (AvgIpc) is 2.47. The Morgan fingerprint density at radius 1 is 1.24 bits per heavy atom. The molecule has 0 fully saturated rings. The first-order chi connectivity index (χ1) is 10.0. The van der Waals surface area contributed by atoms with Gasteiger partial charge < -0.3 is 10.5 Å². The lowest BCUT2D eigenvalue weighted by molar-refractivity contribution is 0.405. The van der Waals surface area contributed by atoms with Crippen LogP contribution in [0.15, 0.2) is 36.4 Å². The molecule has 112 valence electrons. The minimum atomic E-state index is -0.337. The lowest BCUT2D eigenvalue weighted by Crippen LogP contribution is -2.30. The van der Waals surface area contributed by atoms with E-state index in [0.29, 0.717) is 17.7 Å². The second-order valence-electron chi connectivity index (χ2n) is 5.01. The number of ether oxygens (including phenoxy) is 1. The Balaban J connectivity index is 2.35. The van der Waals surface area contributed by atoms with Crippen molar-refractivity contribution in [1.29, 1.82) is 0 Å². The van der Waals surface area contributed by atoms with E-state index in [1.54, 1.807) is 13.2 Å². The molecule has 0 saturated heterocycles. The third-order valence-corrected chi connectivity index (χ3v) is 3.49. The molecule has 0 aliphatic heterocycles. The number of methoxy groups -OCH3 is 1. The fourth-order valence-electron chi connectivity index (χ4n) is 2.39. The minimum Gasteiger partial charge on any atom is -0.496 e. The fraction of sp³-hybridized carbons (Fsp3) is 0.250. The van der Waals surface area contributed by atoms with E-state index >= 15 is 0 Å². The van der Waals surface area contributed by atoms with Crippen molar-refractivity contribution < 1.29 is 9.13 Å². The van der Waals surface area contributed by atoms with E-state index in [1.165, 1.54) is 12.1 Å². The van der Waals surface area contributed by atoms with Crippen molar-refractivity contribution in [1.82, 2.24) is 5.43 Å². The topological polar surface area (TPSA) is 73.3 Å². The summed E-state index contributed by atoms with van der Waals surface area (Å²) in [5.74, 6) is 6.07. The Hall–Kier alpha value is -2.11. The fourth-order valence-corrected chi connectivity index (χ4v) is 2.39. The Morgan fingerprint density at radius 2 is 2.00 bits per heavy atom. The molecule has 0 radical (unpaired) electrons. The molecule has 2 aromatic carbocycles. The van der Waals surface area contributed by atoms with Gasteiger partial charge in [0.25, 0.3) is 0 Å². The van der Waals surface area contributed by atoms with Gasteiger partial charge in [-0.05, 0) is 48.7 Å². The molecular weight excluding hydrogens is 269 g/mol. The van der Waals surface area contributed by atoms with Gasteiger partial charge in [0.05, 0.1) is 13.2 Å². The van der Waals surface area contributed by atoms with Gasteiger partial charge in [0.2, 0.25) is 0 Å². The Labute approximate surface area is 123 Å². The van der Waals surface area contributed by atoms with Crippen LogP contribution in [0.4, 0.5) is 10.1 Å². The largest absolute Gasteiger partial charge is 0.496 e. The van der Waals surface area contributed by atoms with Crippen LogP contribution >= 0.6 is 0 Å². The normalized spacial score (nSPS) is 12.2. The van der Waals surface area contributed by atoms with E-state index in [1.807, 2.05) is 25.1 Å². The second-order valence-corrected chi connectivity index (χ2v) is 5.01. The number of nitrogen functional groups attached to an aromatic ring is 1. The molecule has 2 aromatic rings. The zero-order valence-electron chi connectivity index (χ0n) is 12.2. The highest BCUT2D eigenvalue weighted by molar-refractivity contribution is 5.49. The summed E-state index contributed by atoms with van der Waals surface area (Å²) < 4.78 is 18.8. The van der Waals surface area contributed by atoms with Crippen LogP contribution in [0, 0.1) is 12.7 Å². The van der Waals surface area contributed by atoms with Crippen molar-refractivity contribution in [3.63, 3.8) is 0 Å². The van der Waals surface area contributed by atoms with Gasteiger partial charge in [0.1, 0.15) is 11.6 Å². The van der Waals surface area contributed by atoms with Crippen molar-refractivity contribution in [2.75, 3.05) is 12.8 Å². The number of hydrogen-bond acceptors (Lipinski definition) is 4. The van der Waals surface area contributed by atoms with E-state index < -0.39 is 0 Å². The highest BCUT2D eigenvalue weighted by Gasteiger charge is 2.17. The van der Waals surface area contributed by atoms with Crippen LogP contribution in [0.1, 0.15) is 22.7 Å². The first-order valence-electron chi connectivity index (χ1n) is 6.69. The molecule has 0 aliphatic rings. The monoisotopic (exact) mass is 289 g/mol. The van der Waals surface area contributed by atoms with Crippen LogP contribution in [0.5, 0.6) is 5.75 Å². The van der Waals surface area contributed by atoms with Crippen molar-refractivity contribution in [2.24, 2.45) is 5.84 Å². The van der Waals surface area contributed by atoms with E-state index in [0.717, 1.165) is 16.9 Å². The third-order valence-electron chi connectivity index (χ3n) is 3.49. The molecule has 1 atom stereocenters. The highest BCUT2D eigenvalue weighted by atomic mass is 19.1. The van der Waals surface area contributed by atoms with Gasteiger partial charge in [0, 0.05) is 5.69 Å². The van der Waals surface area contributed by atoms with Crippen LogP contribution in [0.3, 0.4) is 0 Å². The van der Waals surface area contributed by atoms with Crippen LogP contribution in [0.2, 0.25) is 0 Å². The molecule has 0 aliphatic carbocycles. The number of nitrogens with two attached hydrogens (primary N) is 2. The van der Waals surface area contributed by atoms with Crippen LogP contribution in [-0.4, -0.2) is 7.11 Å². The summed E-state index contributed by atoms with van der Waals surface area (Å²) in [7, 11) is 1.62. The van der Waals surface area contributed by atoms with E-state index in [-0.39, 0.29) is 11.9 Å². The predicted octanol–water partition coefficient (Wildman–Crippen LogP) is 2.47. The lowest BCUT2D eigenvalue weighted by Gasteiger charge is -2.20. The molecule has 5 N–H and O–H groups in total. The predicted molar refractivity (Wildman–Crippen MR) is 82.3 cm³/mol. The number of rotatable bonds is 5. The minimum absolute atomic E-state index is 0.295. The standard InChI is InChI=1S/C16H20FN3O/c1-10-3-6-16(21-2)11(7-10)8-15(20-19)13-9-12(17)4-5-14(13)18/h3-7,9,15,20H,8,18-19H2,1-2H3. The van der Waals surface area contributed by atoms with Gasteiger partial charge in [-0.15, -0.1) is 0 Å². The van der Waals surface area contributed by atoms with Crippen molar-refractivity contribution in [3.05, 3.63) is 58.9 Å². The smallest absolute Gasteiger partial charge is 0.123 e. The summed E-state index contributed by atoms with van der Waals surface area (Å²) in [4.78, 5) is 0. The van der Waals surface area contributed by atoms with Crippen molar-refractivity contribution >= 4 is 5.69 Å². The van der Waals surface area contributed by atoms with Crippen molar-refractivity contribution in [3.8, 4) is 5.75 Å². The number of benzene rings is 2. The molecule has 0 spiro atoms. The first kappa shape index (κ1) is 15.3. The van der Waals surface area contributed by atoms with Gasteiger partial charge in [-0.3, -0.25) is 11.3 Å². The molecule has 1 unspecified atom stereocenters. The highest BCUT2D eigenvalue weighted by Crippen LogP contribution is 2.28. The molecule has 0 bridgehead atoms. The molecule has 0 amide bonds. The Bertz CT molecular complexity index is 631. The SMILES string of the molecule is COc1ccc(C)cc1CC(NN)c1cc(F)ccc1N. The second kappa shape index (κ2) is 6.56. The lowest BCUT2D eigenvalue weighted by atomic mass is 9.96. The molecule has 4 nitrogen and oxygen atoms in total. The van der Waals surface area contributed by atoms with Crippen molar-refractivity contribution in [2.45, 2.75) is 19.4 Å². The summed E-state index contributed by atoms with van der Waals surface area (Å²) in [6.45, 7) is 2.00. The summed E-state index contributed by atoms with van der Waals surface area (Å²) in [6, 6.07) is 9.90. The van der Waals surface area contributed by atoms with E-state index in [4.69, 9.17) is 16.3 Å². The molecule has 0 saturated carbocycles. The zero-order valence-corrected chi connectivity index (χ0v) is 12.2. The van der Waals surface area contributed by atoms with Crippen LogP contribution in [0.25, 0.3) is 0 Å². The van der Waals surface area contributed by atoms with Gasteiger partial charge in [-0.25, -0.2) is 4.39 Å². The molecular formula is C16H20FN3O. The number of nitrogens with one attached hydrogen (secondary N) is 1. The summed E-state index contributed by atoms with van der Waals surface area (Å²) in [5, 5.41) is 0. The maximum atomic E-state index is 13.4. The molecule has 21 heavy (non-hydrogen) atoms. The maximum Gasteiger partial charge on any atom is 0.123 e. The third kappa shape index (κ3) is 3.51. The van der Waals surface area contributed by atoms with Crippen LogP contribution in [-0.2, 0) is 6.42 Å². The van der Waals surface area contributed by atoms with Gasteiger partial charge >= 0.3 is 0 Å². The molecule has 5 heteroatoms. The zero-order chi connectivity index (χ0) is 15.4. The number of hydrazine groups is 1. The summed E-state index contributed by atoms with van der Waals surface area (Å²) >= 11 is 0. The number of anilines is 1. The summed E-state index contributed by atoms with van der Waals surface area (Å²) in [5.41, 5.74) is 11.9. The number of halogens is 1. The molecule has 0 aromatic heterocycles. The van der Waals surface area contributed by atoms with Gasteiger partial charge in [-0.1, -0.05) is 17.7 Å². The Kier molecular flexibility index (Phi) is 4.77. The summed E-state index contributed by atoms with van der Waals surface area (Å²) in [6.07, 6.45) is 0.551. The van der Waals surface area contributed by atoms with Crippen LogP contribution < -0.4 is 21.7 Å². The number of hydrogen-bond donors (Lipinski definition) is 3. The maximum absolute atomic E-state index is 13.4. The van der Waals surface area contributed by atoms with E-state index in [9.17, 15) is 4.39 Å². The van der Waals surface area contributed by atoms with E-state index in [2.05, 4.69) is 5.43 Å². The van der Waals surface area contributed by atoms with Gasteiger partial charge in [0.15, 0.2) is 0 Å². The van der Waals surface area contributed by atoms with Gasteiger partial charge in [-0.2, -0.15) is 0 Å². The number of aryl methyl sites for hydroxylation is 1. The quantitative estimate of drug-likeness (QED) is 0.449. The first-order valence-corrected chi connectivity index (χ1v) is 6.69.